The molecular weight excluding hydrogens is 212 g/mol. The highest BCUT2D eigenvalue weighted by Crippen LogP contribution is 2.14. The molecule has 96 valence electrons. The van der Waals surface area contributed by atoms with Crippen molar-refractivity contribution in [3.63, 3.8) is 0 Å². The van der Waals surface area contributed by atoms with Gasteiger partial charge < -0.3 is 10.5 Å². The fourth-order valence-corrected chi connectivity index (χ4v) is 1.96. The molecule has 3 nitrogen and oxygen atoms in total. The number of rotatable bonds is 7. The molecule has 1 aromatic carbocycles. The van der Waals surface area contributed by atoms with E-state index in [9.17, 15) is 0 Å². The van der Waals surface area contributed by atoms with Crippen molar-refractivity contribution in [3.05, 3.63) is 29.8 Å². The maximum atomic E-state index is 5.65. The highest BCUT2D eigenvalue weighted by molar-refractivity contribution is 5.28. The molecule has 0 heterocycles. The van der Waals surface area contributed by atoms with E-state index in [0.29, 0.717) is 12.5 Å². The van der Waals surface area contributed by atoms with E-state index in [4.69, 9.17) is 10.5 Å². The number of ether oxygens (including phenoxy) is 1. The van der Waals surface area contributed by atoms with Crippen molar-refractivity contribution in [2.24, 2.45) is 11.7 Å². The van der Waals surface area contributed by atoms with Crippen LogP contribution in [0.3, 0.4) is 0 Å². The number of hydrogen-bond donors (Lipinski definition) is 1. The Balaban J connectivity index is 2.64. The molecule has 0 spiro atoms. The van der Waals surface area contributed by atoms with Gasteiger partial charge in [-0.3, -0.25) is 4.90 Å². The van der Waals surface area contributed by atoms with Gasteiger partial charge in [0.15, 0.2) is 0 Å². The molecular formula is C14H24N2O. The third-order valence-corrected chi connectivity index (χ3v) is 2.61. The van der Waals surface area contributed by atoms with Crippen LogP contribution in [-0.4, -0.2) is 31.6 Å². The first-order valence-electron chi connectivity index (χ1n) is 6.21. The summed E-state index contributed by atoms with van der Waals surface area (Å²) in [6.45, 7) is 8.12. The smallest absolute Gasteiger partial charge is 0.119 e. The molecule has 0 saturated heterocycles. The Morgan fingerprint density at radius 1 is 1.35 bits per heavy atom. The highest BCUT2D eigenvalue weighted by atomic mass is 16.5. The van der Waals surface area contributed by atoms with Gasteiger partial charge in [-0.2, -0.15) is 0 Å². The van der Waals surface area contributed by atoms with E-state index in [2.05, 4.69) is 30.9 Å². The zero-order valence-electron chi connectivity index (χ0n) is 11.1. The van der Waals surface area contributed by atoms with Gasteiger partial charge in [0.1, 0.15) is 5.75 Å². The first kappa shape index (κ1) is 14.0. The van der Waals surface area contributed by atoms with E-state index >= 15 is 0 Å². The van der Waals surface area contributed by atoms with Gasteiger partial charge in [-0.1, -0.05) is 26.0 Å². The molecule has 0 aliphatic carbocycles. The van der Waals surface area contributed by atoms with Crippen LogP contribution in [0.4, 0.5) is 0 Å². The molecule has 3 heteroatoms. The lowest BCUT2D eigenvalue weighted by atomic mass is 10.1. The van der Waals surface area contributed by atoms with E-state index in [1.165, 1.54) is 5.56 Å². The van der Waals surface area contributed by atoms with Crippen molar-refractivity contribution < 1.29 is 4.74 Å². The van der Waals surface area contributed by atoms with Crippen LogP contribution in [0.15, 0.2) is 24.3 Å². The van der Waals surface area contributed by atoms with Gasteiger partial charge >= 0.3 is 0 Å². The van der Waals surface area contributed by atoms with Gasteiger partial charge in [0.2, 0.25) is 0 Å². The summed E-state index contributed by atoms with van der Waals surface area (Å²) in [5, 5.41) is 0. The Kier molecular flexibility index (Phi) is 6.01. The molecule has 0 aromatic heterocycles. The SMILES string of the molecule is COc1cccc(CN(CCN)CC(C)C)c1. The lowest BCUT2D eigenvalue weighted by Crippen LogP contribution is -2.32. The predicted molar refractivity (Wildman–Crippen MR) is 72.2 cm³/mol. The number of nitrogens with two attached hydrogens (primary N) is 1. The summed E-state index contributed by atoms with van der Waals surface area (Å²) in [5.74, 6) is 1.58. The number of hydrogen-bond acceptors (Lipinski definition) is 3. The normalized spacial score (nSPS) is 11.2. The molecule has 0 bridgehead atoms. The van der Waals surface area contributed by atoms with Crippen LogP contribution < -0.4 is 10.5 Å². The van der Waals surface area contributed by atoms with Crippen molar-refractivity contribution in [3.8, 4) is 5.75 Å². The maximum Gasteiger partial charge on any atom is 0.119 e. The van der Waals surface area contributed by atoms with Crippen LogP contribution in [0.2, 0.25) is 0 Å². The summed E-state index contributed by atoms with van der Waals surface area (Å²) in [5.41, 5.74) is 6.92. The Morgan fingerprint density at radius 3 is 2.71 bits per heavy atom. The lowest BCUT2D eigenvalue weighted by Gasteiger charge is -2.23. The van der Waals surface area contributed by atoms with E-state index in [1.807, 2.05) is 12.1 Å². The minimum Gasteiger partial charge on any atom is -0.497 e. The monoisotopic (exact) mass is 236 g/mol. The molecule has 1 rings (SSSR count). The number of methoxy groups -OCH3 is 1. The molecule has 0 aliphatic rings. The van der Waals surface area contributed by atoms with E-state index in [-0.39, 0.29) is 0 Å². The van der Waals surface area contributed by atoms with Crippen molar-refractivity contribution in [2.45, 2.75) is 20.4 Å². The molecule has 0 saturated carbocycles. The second-order valence-corrected chi connectivity index (χ2v) is 4.77. The van der Waals surface area contributed by atoms with Gasteiger partial charge in [-0.05, 0) is 23.6 Å². The molecule has 0 aliphatic heterocycles. The molecule has 0 unspecified atom stereocenters. The van der Waals surface area contributed by atoms with E-state index in [1.54, 1.807) is 7.11 Å². The first-order valence-corrected chi connectivity index (χ1v) is 6.21. The van der Waals surface area contributed by atoms with Gasteiger partial charge in [0.05, 0.1) is 7.11 Å². The lowest BCUT2D eigenvalue weighted by molar-refractivity contribution is 0.242. The summed E-state index contributed by atoms with van der Waals surface area (Å²) in [4.78, 5) is 2.39. The fraction of sp³-hybridized carbons (Fsp3) is 0.571. The quantitative estimate of drug-likeness (QED) is 0.788. The molecule has 2 N–H and O–H groups in total. The topological polar surface area (TPSA) is 38.5 Å². The minimum absolute atomic E-state index is 0.659. The number of benzene rings is 1. The van der Waals surface area contributed by atoms with Crippen molar-refractivity contribution in [1.29, 1.82) is 0 Å². The molecule has 1 aromatic rings. The average Bonchev–Trinajstić information content (AvgIpc) is 2.29. The number of nitrogens with zero attached hydrogens (tertiary/aromatic N) is 1. The van der Waals surface area contributed by atoms with Gasteiger partial charge in [-0.25, -0.2) is 0 Å². The standard InChI is InChI=1S/C14H24N2O/c1-12(2)10-16(8-7-15)11-13-5-4-6-14(9-13)17-3/h4-6,9,12H,7-8,10-11,15H2,1-3H3. The highest BCUT2D eigenvalue weighted by Gasteiger charge is 2.07. The average molecular weight is 236 g/mol. The Labute approximate surface area is 105 Å². The molecule has 0 fully saturated rings. The first-order chi connectivity index (χ1) is 8.15. The third-order valence-electron chi connectivity index (χ3n) is 2.61. The van der Waals surface area contributed by atoms with Crippen molar-refractivity contribution in [1.82, 2.24) is 4.90 Å². The Bertz CT molecular complexity index is 326. The van der Waals surface area contributed by atoms with E-state index in [0.717, 1.165) is 25.4 Å². The molecule has 0 radical (unpaired) electrons. The fourth-order valence-electron chi connectivity index (χ4n) is 1.96. The summed E-state index contributed by atoms with van der Waals surface area (Å²) < 4.78 is 5.23. The largest absolute Gasteiger partial charge is 0.497 e. The summed E-state index contributed by atoms with van der Waals surface area (Å²) >= 11 is 0. The van der Waals surface area contributed by atoms with Crippen LogP contribution in [0.5, 0.6) is 5.75 Å². The van der Waals surface area contributed by atoms with Crippen LogP contribution in [0, 0.1) is 5.92 Å². The van der Waals surface area contributed by atoms with Crippen LogP contribution in [0.25, 0.3) is 0 Å². The van der Waals surface area contributed by atoms with Gasteiger partial charge in [-0.15, -0.1) is 0 Å². The Hall–Kier alpha value is -1.06. The van der Waals surface area contributed by atoms with Crippen LogP contribution >= 0.6 is 0 Å². The third kappa shape index (κ3) is 5.20. The van der Waals surface area contributed by atoms with Gasteiger partial charge in [0.25, 0.3) is 0 Å². The summed E-state index contributed by atoms with van der Waals surface area (Å²) in [6, 6.07) is 8.22. The predicted octanol–water partition coefficient (Wildman–Crippen LogP) is 2.11. The van der Waals surface area contributed by atoms with Crippen molar-refractivity contribution in [2.75, 3.05) is 26.7 Å². The molecule has 0 atom stereocenters. The maximum absolute atomic E-state index is 5.65. The Morgan fingerprint density at radius 2 is 2.12 bits per heavy atom. The summed E-state index contributed by atoms with van der Waals surface area (Å²) in [7, 11) is 1.70. The zero-order valence-corrected chi connectivity index (χ0v) is 11.1. The van der Waals surface area contributed by atoms with E-state index < -0.39 is 0 Å². The van der Waals surface area contributed by atoms with Crippen molar-refractivity contribution >= 4 is 0 Å². The van der Waals surface area contributed by atoms with Crippen LogP contribution in [-0.2, 0) is 6.54 Å². The summed E-state index contributed by atoms with van der Waals surface area (Å²) in [6.07, 6.45) is 0. The molecule has 17 heavy (non-hydrogen) atoms. The second kappa shape index (κ2) is 7.30. The second-order valence-electron chi connectivity index (χ2n) is 4.77. The van der Waals surface area contributed by atoms with Gasteiger partial charge in [0, 0.05) is 26.2 Å². The minimum atomic E-state index is 0.659. The van der Waals surface area contributed by atoms with Crippen LogP contribution in [0.1, 0.15) is 19.4 Å². The molecule has 0 amide bonds. The zero-order chi connectivity index (χ0) is 12.7.